The summed E-state index contributed by atoms with van der Waals surface area (Å²) in [4.78, 5) is 26.7. The fraction of sp³-hybridized carbons (Fsp3) is 0.364. The highest BCUT2D eigenvalue weighted by Crippen LogP contribution is 2.28. The number of rotatable bonds is 6. The van der Waals surface area contributed by atoms with Gasteiger partial charge in [0.2, 0.25) is 11.8 Å². The molecular formula is C22H26N2O2. The van der Waals surface area contributed by atoms with E-state index >= 15 is 0 Å². The molecule has 4 nitrogen and oxygen atoms in total. The molecule has 0 bridgehead atoms. The Balaban J connectivity index is 1.56. The molecule has 4 heteroatoms. The Kier molecular flexibility index (Phi) is 5.71. The molecule has 2 aromatic rings. The first-order valence-electron chi connectivity index (χ1n) is 9.26. The van der Waals surface area contributed by atoms with Crippen LogP contribution in [0, 0.1) is 5.92 Å². The van der Waals surface area contributed by atoms with E-state index in [4.69, 9.17) is 0 Å². The molecule has 0 aliphatic carbocycles. The SMILES string of the molecule is CC(C)C(CC(=O)NCC(=O)N1CCc2ccccc21)c1ccccc1. The minimum absolute atomic E-state index is 0.0484. The van der Waals surface area contributed by atoms with Gasteiger partial charge >= 0.3 is 0 Å². The molecule has 2 amide bonds. The Morgan fingerprint density at radius 1 is 1.04 bits per heavy atom. The molecule has 2 aromatic carbocycles. The van der Waals surface area contributed by atoms with Crippen molar-refractivity contribution in [3.05, 3.63) is 65.7 Å². The van der Waals surface area contributed by atoms with Crippen molar-refractivity contribution >= 4 is 17.5 Å². The van der Waals surface area contributed by atoms with Gasteiger partial charge in [0.05, 0.1) is 6.54 Å². The van der Waals surface area contributed by atoms with E-state index in [0.717, 1.165) is 17.7 Å². The third-order valence-corrected chi connectivity index (χ3v) is 5.06. The zero-order valence-corrected chi connectivity index (χ0v) is 15.4. The van der Waals surface area contributed by atoms with E-state index in [9.17, 15) is 9.59 Å². The lowest BCUT2D eigenvalue weighted by atomic mass is 9.85. The maximum atomic E-state index is 12.5. The Morgan fingerprint density at radius 2 is 1.73 bits per heavy atom. The maximum Gasteiger partial charge on any atom is 0.246 e. The van der Waals surface area contributed by atoms with Gasteiger partial charge in [-0.05, 0) is 35.4 Å². The van der Waals surface area contributed by atoms with Crippen molar-refractivity contribution in [1.82, 2.24) is 5.32 Å². The highest BCUT2D eigenvalue weighted by atomic mass is 16.2. The number of para-hydroxylation sites is 1. The number of hydrogen-bond donors (Lipinski definition) is 1. The van der Waals surface area contributed by atoms with E-state index in [-0.39, 0.29) is 24.3 Å². The normalized spacial score (nSPS) is 14.2. The summed E-state index contributed by atoms with van der Waals surface area (Å²) >= 11 is 0. The fourth-order valence-corrected chi connectivity index (χ4v) is 3.58. The number of amides is 2. The molecule has 0 fully saturated rings. The molecule has 1 aliphatic heterocycles. The van der Waals surface area contributed by atoms with Crippen LogP contribution in [0.1, 0.15) is 37.3 Å². The zero-order valence-electron chi connectivity index (χ0n) is 15.4. The first-order valence-corrected chi connectivity index (χ1v) is 9.26. The lowest BCUT2D eigenvalue weighted by Gasteiger charge is -2.22. The van der Waals surface area contributed by atoms with Crippen LogP contribution in [0.2, 0.25) is 0 Å². The van der Waals surface area contributed by atoms with Crippen LogP contribution in [0.15, 0.2) is 54.6 Å². The van der Waals surface area contributed by atoms with E-state index in [1.54, 1.807) is 4.90 Å². The predicted octanol–water partition coefficient (Wildman–Crippen LogP) is 3.52. The van der Waals surface area contributed by atoms with Crippen molar-refractivity contribution in [1.29, 1.82) is 0 Å². The van der Waals surface area contributed by atoms with Gasteiger partial charge in [-0.1, -0.05) is 62.4 Å². The van der Waals surface area contributed by atoms with Gasteiger partial charge in [0, 0.05) is 18.7 Å². The lowest BCUT2D eigenvalue weighted by molar-refractivity contribution is -0.125. The first-order chi connectivity index (χ1) is 12.6. The van der Waals surface area contributed by atoms with Crippen molar-refractivity contribution in [2.75, 3.05) is 18.0 Å². The number of nitrogens with one attached hydrogen (secondary N) is 1. The molecule has 0 saturated carbocycles. The van der Waals surface area contributed by atoms with Gasteiger partial charge in [-0.2, -0.15) is 0 Å². The van der Waals surface area contributed by atoms with Gasteiger partial charge in [0.15, 0.2) is 0 Å². The van der Waals surface area contributed by atoms with Crippen molar-refractivity contribution in [2.45, 2.75) is 32.6 Å². The highest BCUT2D eigenvalue weighted by Gasteiger charge is 2.25. The van der Waals surface area contributed by atoms with Crippen LogP contribution in [-0.2, 0) is 16.0 Å². The molecule has 1 atom stereocenters. The molecule has 1 heterocycles. The van der Waals surface area contributed by atoms with Crippen LogP contribution in [0.4, 0.5) is 5.69 Å². The van der Waals surface area contributed by atoms with E-state index in [0.29, 0.717) is 18.9 Å². The molecule has 136 valence electrons. The van der Waals surface area contributed by atoms with Crippen LogP contribution in [0.25, 0.3) is 0 Å². The third kappa shape index (κ3) is 4.13. The number of hydrogen-bond acceptors (Lipinski definition) is 2. The van der Waals surface area contributed by atoms with Crippen LogP contribution in [0.5, 0.6) is 0 Å². The molecule has 0 spiro atoms. The van der Waals surface area contributed by atoms with E-state index < -0.39 is 0 Å². The van der Waals surface area contributed by atoms with Crippen LogP contribution in [0.3, 0.4) is 0 Å². The minimum Gasteiger partial charge on any atom is -0.347 e. The predicted molar refractivity (Wildman–Crippen MR) is 104 cm³/mol. The highest BCUT2D eigenvalue weighted by molar-refractivity contribution is 5.98. The summed E-state index contributed by atoms with van der Waals surface area (Å²) in [6.45, 7) is 4.98. The molecular weight excluding hydrogens is 324 g/mol. The first kappa shape index (κ1) is 18.2. The molecule has 3 rings (SSSR count). The monoisotopic (exact) mass is 350 g/mol. The van der Waals surface area contributed by atoms with E-state index in [1.807, 2.05) is 42.5 Å². The summed E-state index contributed by atoms with van der Waals surface area (Å²) in [6, 6.07) is 18.0. The molecule has 1 aliphatic rings. The van der Waals surface area contributed by atoms with E-state index in [2.05, 4.69) is 31.3 Å². The number of anilines is 1. The van der Waals surface area contributed by atoms with E-state index in [1.165, 1.54) is 5.56 Å². The molecule has 0 aromatic heterocycles. The average molecular weight is 350 g/mol. The molecule has 0 radical (unpaired) electrons. The largest absolute Gasteiger partial charge is 0.347 e. The average Bonchev–Trinajstić information content (AvgIpc) is 3.09. The summed E-state index contributed by atoms with van der Waals surface area (Å²) in [5.74, 6) is 0.376. The zero-order chi connectivity index (χ0) is 18.5. The number of carbonyl (C=O) groups excluding carboxylic acids is 2. The Hall–Kier alpha value is -2.62. The Labute approximate surface area is 155 Å². The summed E-state index contributed by atoms with van der Waals surface area (Å²) in [7, 11) is 0. The number of fused-ring (bicyclic) bond motifs is 1. The topological polar surface area (TPSA) is 49.4 Å². The molecule has 26 heavy (non-hydrogen) atoms. The van der Waals surface area contributed by atoms with Crippen molar-refractivity contribution < 1.29 is 9.59 Å². The van der Waals surface area contributed by atoms with Crippen molar-refractivity contribution in [3.63, 3.8) is 0 Å². The summed E-state index contributed by atoms with van der Waals surface area (Å²) in [5.41, 5.74) is 3.32. The van der Waals surface area contributed by atoms with Gasteiger partial charge in [0.25, 0.3) is 0 Å². The second-order valence-corrected chi connectivity index (χ2v) is 7.17. The second-order valence-electron chi connectivity index (χ2n) is 7.17. The number of nitrogens with zero attached hydrogens (tertiary/aromatic N) is 1. The fourth-order valence-electron chi connectivity index (χ4n) is 3.58. The van der Waals surface area contributed by atoms with Gasteiger partial charge in [-0.15, -0.1) is 0 Å². The Morgan fingerprint density at radius 3 is 2.46 bits per heavy atom. The third-order valence-electron chi connectivity index (χ3n) is 5.06. The molecule has 1 unspecified atom stereocenters. The van der Waals surface area contributed by atoms with Crippen LogP contribution >= 0.6 is 0 Å². The summed E-state index contributed by atoms with van der Waals surface area (Å²) < 4.78 is 0. The van der Waals surface area contributed by atoms with Crippen molar-refractivity contribution in [3.8, 4) is 0 Å². The molecule has 0 saturated heterocycles. The second kappa shape index (κ2) is 8.17. The number of carbonyl (C=O) groups is 2. The lowest BCUT2D eigenvalue weighted by Crippen LogP contribution is -2.39. The number of benzene rings is 2. The maximum absolute atomic E-state index is 12.5. The van der Waals surface area contributed by atoms with Gasteiger partial charge < -0.3 is 10.2 Å². The summed E-state index contributed by atoms with van der Waals surface area (Å²) in [5, 5.41) is 2.82. The standard InChI is InChI=1S/C22H26N2O2/c1-16(2)19(17-8-4-3-5-9-17)14-21(25)23-15-22(26)24-13-12-18-10-6-7-11-20(18)24/h3-11,16,19H,12-15H2,1-2H3,(H,23,25). The summed E-state index contributed by atoms with van der Waals surface area (Å²) in [6.07, 6.45) is 1.27. The van der Waals surface area contributed by atoms with Gasteiger partial charge in [-0.3, -0.25) is 9.59 Å². The van der Waals surface area contributed by atoms with Gasteiger partial charge in [-0.25, -0.2) is 0 Å². The minimum atomic E-state index is -0.0756. The molecule has 1 N–H and O–H groups in total. The van der Waals surface area contributed by atoms with Gasteiger partial charge in [0.1, 0.15) is 0 Å². The quantitative estimate of drug-likeness (QED) is 0.866. The smallest absolute Gasteiger partial charge is 0.246 e. The van der Waals surface area contributed by atoms with Crippen LogP contribution < -0.4 is 10.2 Å². The Bertz CT molecular complexity index is 771. The van der Waals surface area contributed by atoms with Crippen molar-refractivity contribution in [2.24, 2.45) is 5.92 Å². The van der Waals surface area contributed by atoms with Crippen LogP contribution in [-0.4, -0.2) is 24.9 Å².